The zero-order chi connectivity index (χ0) is 23.6. The number of benzene rings is 2. The Labute approximate surface area is 183 Å². The normalized spacial score (nSPS) is 16.3. The maximum atomic E-state index is 13.8. The number of halogens is 3. The summed E-state index contributed by atoms with van der Waals surface area (Å²) in [5.41, 5.74) is 1.05. The Kier molecular flexibility index (Phi) is 6.89. The fourth-order valence-electron chi connectivity index (χ4n) is 3.53. The average Bonchev–Trinajstić information content (AvgIpc) is 2.78. The Morgan fingerprint density at radius 3 is 2.41 bits per heavy atom. The van der Waals surface area contributed by atoms with Crippen molar-refractivity contribution in [3.05, 3.63) is 65.0 Å². The lowest BCUT2D eigenvalue weighted by Crippen LogP contribution is -2.54. The third-order valence-corrected chi connectivity index (χ3v) is 7.11. The molecule has 2 aromatic carbocycles. The minimum Gasteiger partial charge on any atom is -0.335 e. The number of carbonyl (C=O) groups excluding carboxylic acids is 2. The lowest BCUT2D eigenvalue weighted by atomic mass is 9.95. The van der Waals surface area contributed by atoms with E-state index in [2.05, 4.69) is 5.32 Å². The number of amides is 2. The molecule has 0 radical (unpaired) electrons. The van der Waals surface area contributed by atoms with Gasteiger partial charge in [-0.3, -0.25) is 9.59 Å². The molecule has 32 heavy (non-hydrogen) atoms. The molecule has 0 fully saturated rings. The first kappa shape index (κ1) is 23.7. The van der Waals surface area contributed by atoms with Crippen molar-refractivity contribution in [3.8, 4) is 0 Å². The SMILES string of the molecule is CCS(=O)(=O)N1Cc2ccccc2C[C@@H]1C(=O)N(C)CC(=O)Nc1ccc(F)c(F)c1F. The van der Waals surface area contributed by atoms with Crippen LogP contribution in [-0.4, -0.2) is 54.8 Å². The molecule has 172 valence electrons. The molecule has 0 unspecified atom stereocenters. The van der Waals surface area contributed by atoms with Crippen LogP contribution in [0.25, 0.3) is 0 Å². The highest BCUT2D eigenvalue weighted by Gasteiger charge is 2.39. The number of hydrogen-bond donors (Lipinski definition) is 1. The number of likely N-dealkylation sites (N-methyl/N-ethyl adjacent to an activating group) is 1. The van der Waals surface area contributed by atoms with Gasteiger partial charge in [-0.1, -0.05) is 24.3 Å². The highest BCUT2D eigenvalue weighted by atomic mass is 32.2. The monoisotopic (exact) mass is 469 g/mol. The van der Waals surface area contributed by atoms with Crippen molar-refractivity contribution in [2.45, 2.75) is 25.9 Å². The van der Waals surface area contributed by atoms with Crippen molar-refractivity contribution in [1.29, 1.82) is 0 Å². The smallest absolute Gasteiger partial charge is 0.244 e. The molecule has 0 bridgehead atoms. The molecule has 1 atom stereocenters. The number of nitrogens with one attached hydrogen (secondary N) is 1. The van der Waals surface area contributed by atoms with Gasteiger partial charge in [0.05, 0.1) is 18.0 Å². The molecule has 2 amide bonds. The minimum atomic E-state index is -3.72. The van der Waals surface area contributed by atoms with Gasteiger partial charge in [-0.25, -0.2) is 21.6 Å². The summed E-state index contributed by atoms with van der Waals surface area (Å²) in [5.74, 6) is -6.35. The zero-order valence-corrected chi connectivity index (χ0v) is 18.3. The molecule has 1 aliphatic rings. The van der Waals surface area contributed by atoms with Gasteiger partial charge in [0.2, 0.25) is 21.8 Å². The topological polar surface area (TPSA) is 86.8 Å². The van der Waals surface area contributed by atoms with Crippen molar-refractivity contribution in [1.82, 2.24) is 9.21 Å². The van der Waals surface area contributed by atoms with Crippen LogP contribution in [0.3, 0.4) is 0 Å². The van der Waals surface area contributed by atoms with Crippen LogP contribution in [0.2, 0.25) is 0 Å². The van der Waals surface area contributed by atoms with Gasteiger partial charge in [0.1, 0.15) is 6.04 Å². The molecule has 0 saturated heterocycles. The molecule has 7 nitrogen and oxygen atoms in total. The largest absolute Gasteiger partial charge is 0.335 e. The molecule has 11 heteroatoms. The Morgan fingerprint density at radius 1 is 1.09 bits per heavy atom. The molecule has 0 aromatic heterocycles. The molecule has 0 aliphatic carbocycles. The summed E-state index contributed by atoms with van der Waals surface area (Å²) in [6.07, 6.45) is 0.137. The van der Waals surface area contributed by atoms with Gasteiger partial charge in [0.15, 0.2) is 17.5 Å². The van der Waals surface area contributed by atoms with E-state index in [4.69, 9.17) is 0 Å². The fourth-order valence-corrected chi connectivity index (χ4v) is 4.75. The van der Waals surface area contributed by atoms with Gasteiger partial charge in [-0.2, -0.15) is 4.31 Å². The number of rotatable bonds is 6. The van der Waals surface area contributed by atoms with Crippen LogP contribution in [0, 0.1) is 17.5 Å². The first-order valence-corrected chi connectivity index (χ1v) is 11.4. The maximum absolute atomic E-state index is 13.8. The second-order valence-corrected chi connectivity index (χ2v) is 9.61. The lowest BCUT2D eigenvalue weighted by Gasteiger charge is -2.36. The molecule has 1 heterocycles. The van der Waals surface area contributed by atoms with E-state index in [1.807, 2.05) is 6.07 Å². The van der Waals surface area contributed by atoms with Crippen molar-refractivity contribution in [2.75, 3.05) is 24.7 Å². The van der Waals surface area contributed by atoms with E-state index in [9.17, 15) is 31.2 Å². The van der Waals surface area contributed by atoms with Crippen molar-refractivity contribution in [3.63, 3.8) is 0 Å². The Morgan fingerprint density at radius 2 is 1.75 bits per heavy atom. The van der Waals surface area contributed by atoms with Crippen molar-refractivity contribution >= 4 is 27.5 Å². The third-order valence-electron chi connectivity index (χ3n) is 5.28. The summed E-state index contributed by atoms with van der Waals surface area (Å²) >= 11 is 0. The van der Waals surface area contributed by atoms with Gasteiger partial charge < -0.3 is 10.2 Å². The zero-order valence-electron chi connectivity index (χ0n) is 17.4. The van der Waals surface area contributed by atoms with Crippen LogP contribution in [0.1, 0.15) is 18.1 Å². The van der Waals surface area contributed by atoms with Crippen molar-refractivity contribution in [2.24, 2.45) is 0 Å². The van der Waals surface area contributed by atoms with Gasteiger partial charge in [-0.05, 0) is 36.6 Å². The minimum absolute atomic E-state index is 0.0306. The molecular weight excluding hydrogens is 447 g/mol. The number of anilines is 1. The summed E-state index contributed by atoms with van der Waals surface area (Å²) in [6, 6.07) is 7.65. The predicted octanol–water partition coefficient (Wildman–Crippen LogP) is 2.28. The first-order valence-electron chi connectivity index (χ1n) is 9.79. The summed E-state index contributed by atoms with van der Waals surface area (Å²) in [5, 5.41) is 2.09. The molecule has 1 aliphatic heterocycles. The van der Waals surface area contributed by atoms with E-state index in [0.717, 1.165) is 26.4 Å². The second-order valence-electron chi connectivity index (χ2n) is 7.40. The number of carbonyl (C=O) groups is 2. The number of sulfonamides is 1. The average molecular weight is 469 g/mol. The molecule has 1 N–H and O–H groups in total. The third kappa shape index (κ3) is 4.78. The standard InChI is InChI=1S/C21H22F3N3O4S/c1-3-32(30,31)27-11-14-7-5-4-6-13(14)10-17(27)21(29)26(2)12-18(28)25-16-9-8-15(22)19(23)20(16)24/h4-9,17H,3,10-12H2,1-2H3,(H,25,28)/t17-/m1/s1. The molecule has 0 saturated carbocycles. The predicted molar refractivity (Wildman–Crippen MR) is 112 cm³/mol. The van der Waals surface area contributed by atoms with Crippen LogP contribution in [-0.2, 0) is 32.6 Å². The van der Waals surface area contributed by atoms with E-state index in [0.29, 0.717) is 6.07 Å². The summed E-state index contributed by atoms with van der Waals surface area (Å²) in [6.45, 7) is 0.962. The summed E-state index contributed by atoms with van der Waals surface area (Å²) < 4.78 is 66.6. The highest BCUT2D eigenvalue weighted by Crippen LogP contribution is 2.27. The number of fused-ring (bicyclic) bond motifs is 1. The Bertz CT molecular complexity index is 1160. The number of hydrogen-bond acceptors (Lipinski definition) is 4. The van der Waals surface area contributed by atoms with E-state index < -0.39 is 57.6 Å². The molecular formula is C21H22F3N3O4S. The van der Waals surface area contributed by atoms with Crippen LogP contribution >= 0.6 is 0 Å². The van der Waals surface area contributed by atoms with E-state index >= 15 is 0 Å². The van der Waals surface area contributed by atoms with Crippen LogP contribution < -0.4 is 5.32 Å². The molecule has 0 spiro atoms. The van der Waals surface area contributed by atoms with Crippen LogP contribution in [0.15, 0.2) is 36.4 Å². The maximum Gasteiger partial charge on any atom is 0.244 e. The summed E-state index contributed by atoms with van der Waals surface area (Å²) in [7, 11) is -2.42. The highest BCUT2D eigenvalue weighted by molar-refractivity contribution is 7.89. The fraction of sp³-hybridized carbons (Fsp3) is 0.333. The van der Waals surface area contributed by atoms with E-state index in [1.165, 1.54) is 14.0 Å². The van der Waals surface area contributed by atoms with Gasteiger partial charge in [-0.15, -0.1) is 0 Å². The second kappa shape index (κ2) is 9.29. The quantitative estimate of drug-likeness (QED) is 0.658. The summed E-state index contributed by atoms with van der Waals surface area (Å²) in [4.78, 5) is 26.4. The molecule has 3 rings (SSSR count). The van der Waals surface area contributed by atoms with Gasteiger partial charge in [0.25, 0.3) is 0 Å². The van der Waals surface area contributed by atoms with Crippen LogP contribution in [0.4, 0.5) is 18.9 Å². The van der Waals surface area contributed by atoms with Crippen molar-refractivity contribution < 1.29 is 31.2 Å². The van der Waals surface area contributed by atoms with E-state index in [-0.39, 0.29) is 18.7 Å². The van der Waals surface area contributed by atoms with E-state index in [1.54, 1.807) is 18.2 Å². The first-order chi connectivity index (χ1) is 15.0. The van der Waals surface area contributed by atoms with Crippen LogP contribution in [0.5, 0.6) is 0 Å². The molecule has 2 aromatic rings. The van der Waals surface area contributed by atoms with Gasteiger partial charge in [0, 0.05) is 13.6 Å². The Balaban J connectivity index is 1.77. The lowest BCUT2D eigenvalue weighted by molar-refractivity contribution is -0.137. The van der Waals surface area contributed by atoms with Gasteiger partial charge >= 0.3 is 0 Å². The number of nitrogens with zero attached hydrogens (tertiary/aromatic N) is 2. The Hall–Kier alpha value is -2.92.